The molecule has 0 aromatic heterocycles. The Morgan fingerprint density at radius 2 is 2.00 bits per heavy atom. The lowest BCUT2D eigenvalue weighted by Crippen LogP contribution is -2.45. The zero-order chi connectivity index (χ0) is 16.4. The number of hydrogen-bond donors (Lipinski definition) is 1. The van der Waals surface area contributed by atoms with Crippen LogP contribution in [-0.2, 0) is 19.6 Å². The first-order valence-electron chi connectivity index (χ1n) is 8.54. The van der Waals surface area contributed by atoms with Gasteiger partial charge in [0.1, 0.15) is 6.10 Å². The van der Waals surface area contributed by atoms with Gasteiger partial charge in [0.2, 0.25) is 15.9 Å². The van der Waals surface area contributed by atoms with Crippen LogP contribution in [0, 0.1) is 5.92 Å². The number of nitrogens with one attached hydrogen (secondary N) is 1. The van der Waals surface area contributed by atoms with E-state index >= 15 is 0 Å². The Labute approximate surface area is 138 Å². The van der Waals surface area contributed by atoms with Crippen molar-refractivity contribution in [3.05, 3.63) is 0 Å². The second-order valence-electron chi connectivity index (χ2n) is 6.91. The molecule has 3 heterocycles. The largest absolute Gasteiger partial charge is 0.363 e. The standard InChI is InChI=1S/C15H27N3O4S/c1-23(20,21)18-8-4-12-10-13(22-14(12)11-18)15(19)16-5-9-17-6-2-3-7-17/h12-14H,2-11H2,1H3,(H,16,19)/t12-,13+,14+/m1/s1. The molecule has 3 saturated heterocycles. The number of hydrogen-bond acceptors (Lipinski definition) is 5. The normalized spacial score (nSPS) is 32.8. The Bertz CT molecular complexity index is 533. The van der Waals surface area contributed by atoms with Crippen molar-refractivity contribution in [3.63, 3.8) is 0 Å². The van der Waals surface area contributed by atoms with Gasteiger partial charge >= 0.3 is 0 Å². The molecule has 3 rings (SSSR count). The van der Waals surface area contributed by atoms with Crippen molar-refractivity contribution < 1.29 is 17.9 Å². The summed E-state index contributed by atoms with van der Waals surface area (Å²) < 4.78 is 30.6. The van der Waals surface area contributed by atoms with Crippen LogP contribution < -0.4 is 5.32 Å². The molecular formula is C15H27N3O4S. The maximum Gasteiger partial charge on any atom is 0.249 e. The topological polar surface area (TPSA) is 79.0 Å². The monoisotopic (exact) mass is 345 g/mol. The zero-order valence-electron chi connectivity index (χ0n) is 13.7. The number of ether oxygens (including phenoxy) is 1. The fraction of sp³-hybridized carbons (Fsp3) is 0.933. The summed E-state index contributed by atoms with van der Waals surface area (Å²) in [6, 6.07) is 0. The molecule has 3 aliphatic rings. The van der Waals surface area contributed by atoms with Crippen molar-refractivity contribution >= 4 is 15.9 Å². The van der Waals surface area contributed by atoms with Crippen molar-refractivity contribution in [1.29, 1.82) is 0 Å². The number of carbonyl (C=O) groups excluding carboxylic acids is 1. The molecule has 3 aliphatic heterocycles. The number of piperidine rings is 1. The second-order valence-corrected chi connectivity index (χ2v) is 8.89. The number of fused-ring (bicyclic) bond motifs is 1. The summed E-state index contributed by atoms with van der Waals surface area (Å²) in [5.41, 5.74) is 0. The van der Waals surface area contributed by atoms with Gasteiger partial charge in [-0.25, -0.2) is 8.42 Å². The molecule has 3 fully saturated rings. The van der Waals surface area contributed by atoms with Gasteiger partial charge in [0.15, 0.2) is 0 Å². The fourth-order valence-electron chi connectivity index (χ4n) is 3.83. The van der Waals surface area contributed by atoms with E-state index in [0.29, 0.717) is 32.0 Å². The van der Waals surface area contributed by atoms with E-state index < -0.39 is 16.1 Å². The van der Waals surface area contributed by atoms with Crippen LogP contribution in [0.2, 0.25) is 0 Å². The lowest BCUT2D eigenvalue weighted by atomic mass is 9.93. The van der Waals surface area contributed by atoms with E-state index in [9.17, 15) is 13.2 Å². The van der Waals surface area contributed by atoms with Crippen molar-refractivity contribution in [3.8, 4) is 0 Å². The van der Waals surface area contributed by atoms with Crippen molar-refractivity contribution in [2.75, 3.05) is 45.5 Å². The van der Waals surface area contributed by atoms with Crippen molar-refractivity contribution in [2.45, 2.75) is 37.9 Å². The molecule has 3 atom stereocenters. The van der Waals surface area contributed by atoms with E-state index in [-0.39, 0.29) is 12.0 Å². The first-order valence-corrected chi connectivity index (χ1v) is 10.4. The molecule has 7 nitrogen and oxygen atoms in total. The number of nitrogens with zero attached hydrogens (tertiary/aromatic N) is 2. The van der Waals surface area contributed by atoms with Crippen LogP contribution in [0.25, 0.3) is 0 Å². The second kappa shape index (κ2) is 7.04. The smallest absolute Gasteiger partial charge is 0.249 e. The Balaban J connectivity index is 1.44. The van der Waals surface area contributed by atoms with Crippen LogP contribution in [0.5, 0.6) is 0 Å². The summed E-state index contributed by atoms with van der Waals surface area (Å²) in [6.45, 7) is 4.72. The van der Waals surface area contributed by atoms with Crippen LogP contribution in [0.15, 0.2) is 0 Å². The molecule has 0 radical (unpaired) electrons. The molecule has 0 aliphatic carbocycles. The predicted molar refractivity (Wildman–Crippen MR) is 86.5 cm³/mol. The highest BCUT2D eigenvalue weighted by Crippen LogP contribution is 2.33. The minimum Gasteiger partial charge on any atom is -0.363 e. The Morgan fingerprint density at radius 3 is 2.70 bits per heavy atom. The number of likely N-dealkylation sites (tertiary alicyclic amines) is 1. The van der Waals surface area contributed by atoms with E-state index in [2.05, 4.69) is 10.2 Å². The van der Waals surface area contributed by atoms with Gasteiger partial charge in [-0.1, -0.05) is 0 Å². The molecule has 0 unspecified atom stereocenters. The maximum absolute atomic E-state index is 12.3. The average molecular weight is 345 g/mol. The third-order valence-electron chi connectivity index (χ3n) is 5.20. The van der Waals surface area contributed by atoms with Gasteiger partial charge in [0, 0.05) is 26.2 Å². The quantitative estimate of drug-likeness (QED) is 0.736. The molecule has 1 N–H and O–H groups in total. The Morgan fingerprint density at radius 1 is 1.26 bits per heavy atom. The summed E-state index contributed by atoms with van der Waals surface area (Å²) in [5.74, 6) is 0.242. The van der Waals surface area contributed by atoms with Crippen molar-refractivity contribution in [2.24, 2.45) is 5.92 Å². The first-order chi connectivity index (χ1) is 10.9. The van der Waals surface area contributed by atoms with Gasteiger partial charge in [-0.05, 0) is 44.7 Å². The lowest BCUT2D eigenvalue weighted by Gasteiger charge is -2.32. The predicted octanol–water partition coefficient (Wildman–Crippen LogP) is -0.363. The molecule has 0 aromatic rings. The molecule has 0 bridgehead atoms. The van der Waals surface area contributed by atoms with Crippen LogP contribution >= 0.6 is 0 Å². The fourth-order valence-corrected chi connectivity index (χ4v) is 4.68. The minimum absolute atomic E-state index is 0.0514. The molecule has 1 amide bonds. The number of carbonyl (C=O) groups is 1. The number of amides is 1. The highest BCUT2D eigenvalue weighted by Gasteiger charge is 2.43. The van der Waals surface area contributed by atoms with E-state index in [4.69, 9.17) is 4.74 Å². The molecule has 132 valence electrons. The molecule has 8 heteroatoms. The maximum atomic E-state index is 12.3. The summed E-state index contributed by atoms with van der Waals surface area (Å²) in [5, 5.41) is 2.97. The van der Waals surface area contributed by atoms with Crippen LogP contribution in [-0.4, -0.2) is 81.3 Å². The average Bonchev–Trinajstić information content (AvgIpc) is 3.14. The molecule has 23 heavy (non-hydrogen) atoms. The third-order valence-corrected chi connectivity index (χ3v) is 6.47. The summed E-state index contributed by atoms with van der Waals surface area (Å²) in [7, 11) is -3.18. The molecule has 0 aromatic carbocycles. The van der Waals surface area contributed by atoms with Crippen LogP contribution in [0.1, 0.15) is 25.7 Å². The number of sulfonamides is 1. The van der Waals surface area contributed by atoms with Crippen molar-refractivity contribution in [1.82, 2.24) is 14.5 Å². The first kappa shape index (κ1) is 17.1. The van der Waals surface area contributed by atoms with Gasteiger partial charge in [0.25, 0.3) is 0 Å². The summed E-state index contributed by atoms with van der Waals surface area (Å²) in [6.07, 6.45) is 4.63. The third kappa shape index (κ3) is 4.23. The SMILES string of the molecule is CS(=O)(=O)N1CC[C@@H]2C[C@@H](C(=O)NCCN3CCCC3)O[C@H]2C1. The molecular weight excluding hydrogens is 318 g/mol. The summed E-state index contributed by atoms with van der Waals surface area (Å²) >= 11 is 0. The Hall–Kier alpha value is -0.700. The van der Waals surface area contributed by atoms with E-state index in [0.717, 1.165) is 26.1 Å². The van der Waals surface area contributed by atoms with E-state index in [1.165, 1.54) is 23.4 Å². The van der Waals surface area contributed by atoms with E-state index in [1.54, 1.807) is 0 Å². The molecule has 0 spiro atoms. The van der Waals surface area contributed by atoms with Crippen LogP contribution in [0.3, 0.4) is 0 Å². The Kier molecular flexibility index (Phi) is 5.25. The van der Waals surface area contributed by atoms with E-state index in [1.807, 2.05) is 0 Å². The number of rotatable bonds is 5. The molecule has 0 saturated carbocycles. The summed E-state index contributed by atoms with van der Waals surface area (Å²) in [4.78, 5) is 14.6. The zero-order valence-corrected chi connectivity index (χ0v) is 14.6. The van der Waals surface area contributed by atoms with Gasteiger partial charge in [0.05, 0.1) is 12.4 Å². The van der Waals surface area contributed by atoms with Gasteiger partial charge < -0.3 is 15.0 Å². The highest BCUT2D eigenvalue weighted by atomic mass is 32.2. The van der Waals surface area contributed by atoms with Gasteiger partial charge in [-0.2, -0.15) is 4.31 Å². The lowest BCUT2D eigenvalue weighted by molar-refractivity contribution is -0.132. The van der Waals surface area contributed by atoms with Gasteiger partial charge in [-0.15, -0.1) is 0 Å². The minimum atomic E-state index is -3.18. The van der Waals surface area contributed by atoms with Crippen LogP contribution in [0.4, 0.5) is 0 Å². The van der Waals surface area contributed by atoms with Gasteiger partial charge in [-0.3, -0.25) is 4.79 Å². The highest BCUT2D eigenvalue weighted by molar-refractivity contribution is 7.88.